The molecule has 0 radical (unpaired) electrons. The van der Waals surface area contributed by atoms with Gasteiger partial charge in [0, 0.05) is 88.4 Å². The molecule has 24 heteroatoms. The number of carbonyl (C=O) groups excluding carboxylic acids is 5. The molecule has 4 atom stereocenters. The van der Waals surface area contributed by atoms with Gasteiger partial charge in [0.1, 0.15) is 51.5 Å². The topological polar surface area (TPSA) is 297 Å². The van der Waals surface area contributed by atoms with Gasteiger partial charge in [-0.05, 0) is 57.8 Å². The number of amides is 3. The second kappa shape index (κ2) is 34.8. The highest BCUT2D eigenvalue weighted by Gasteiger charge is 2.45. The SMILES string of the molecule is C.CC(=O)O.CC[C@@H]1C(=O)N(C)c2cnc(-c3nccnc3-c3ccccc3)nc2N1C1CCCC1.CC[C@@H]1C(=O)N(C)c2cnc(C(Br)C(=O)c3ccccc3)nc2N1C1CCCC1.CC[C@@H]1C(=O)N(C)c2cnc(CC(=O)c3ccccc3)nc2N1C1CCCC1.NCCN. The first-order valence-corrected chi connectivity index (χ1v) is 34.4. The molecule has 514 valence electrons. The molecule has 3 saturated carbocycles. The van der Waals surface area contributed by atoms with E-state index < -0.39 is 10.8 Å². The minimum absolute atomic E-state index is 0. The number of hydrogen-bond donors (Lipinski definition) is 3. The summed E-state index contributed by atoms with van der Waals surface area (Å²) in [5.41, 5.74) is 15.7. The molecular weight excluding hydrogens is 1290 g/mol. The van der Waals surface area contributed by atoms with E-state index in [0.717, 1.165) is 105 Å². The van der Waals surface area contributed by atoms with E-state index in [0.29, 0.717) is 71.2 Å². The average Bonchev–Trinajstić information content (AvgIpc) is 1.56. The van der Waals surface area contributed by atoms with E-state index in [9.17, 15) is 24.0 Å². The minimum atomic E-state index is -0.833. The van der Waals surface area contributed by atoms with Crippen LogP contribution in [-0.2, 0) is 25.6 Å². The van der Waals surface area contributed by atoms with Crippen LogP contribution in [0, 0.1) is 0 Å². The molecule has 3 aliphatic carbocycles. The molecule has 3 aromatic carbocycles. The molecule has 0 spiro atoms. The van der Waals surface area contributed by atoms with Crippen molar-refractivity contribution in [3.63, 3.8) is 0 Å². The number of carboxylic acids is 1. The van der Waals surface area contributed by atoms with Crippen molar-refractivity contribution in [2.45, 2.75) is 179 Å². The Bertz CT molecular complexity index is 3790. The normalized spacial score (nSPS) is 18.5. The highest BCUT2D eigenvalue weighted by Crippen LogP contribution is 2.44. The number of benzene rings is 3. The smallest absolute Gasteiger partial charge is 0.300 e. The largest absolute Gasteiger partial charge is 0.481 e. The number of nitrogens with two attached hydrogens (primary N) is 2. The maximum atomic E-state index is 13.1. The van der Waals surface area contributed by atoms with E-state index >= 15 is 0 Å². The van der Waals surface area contributed by atoms with Crippen LogP contribution < -0.4 is 40.9 Å². The molecular formula is C73H93BrN16O7. The number of carboxylic acid groups (broad SMARTS) is 1. The maximum Gasteiger partial charge on any atom is 0.300 e. The number of Topliss-reactive ketones (excluding diaryl/α,β-unsaturated/α-hetero) is 2. The van der Waals surface area contributed by atoms with Crippen molar-refractivity contribution < 1.29 is 33.9 Å². The number of fused-ring (bicyclic) bond motifs is 3. The zero-order valence-corrected chi connectivity index (χ0v) is 57.6. The molecule has 3 fully saturated rings. The van der Waals surface area contributed by atoms with Gasteiger partial charge in [0.2, 0.25) is 17.7 Å². The Morgan fingerprint density at radius 1 is 0.526 bits per heavy atom. The van der Waals surface area contributed by atoms with Crippen LogP contribution in [0.1, 0.15) is 169 Å². The van der Waals surface area contributed by atoms with Gasteiger partial charge in [-0.25, -0.2) is 34.9 Å². The molecule has 4 aromatic heterocycles. The molecule has 97 heavy (non-hydrogen) atoms. The number of ketones is 2. The summed E-state index contributed by atoms with van der Waals surface area (Å²) in [6.45, 7) is 8.43. The third-order valence-electron chi connectivity index (χ3n) is 18.4. The summed E-state index contributed by atoms with van der Waals surface area (Å²) in [6, 6.07) is 28.7. The standard InChI is InChI=1S/C24H26N6O.C22H25BrN4O2.C22H26N4O2.C2H8N2.C2H4O2.CH4/c1-3-18-24(31)29(2)19-15-27-22(28-23(19)30(18)17-11-7-8-12-17)21-20(25-13-14-26-21)16-9-5-4-6-10-16;1-3-16-22(29)26(2)17-13-24-20(18(23)19(28)14-9-5-4-6-10-14)25-21(17)27(16)15-11-7-8-12-15;1-3-17-22(28)25(2)18-14-23-20(13-19(27)15-9-5-4-6-10-15)24-21(18)26(17)16-11-7-8-12-16;3-1-2-4;1-2(3)4;/h4-6,9-10,13-15,17-18H,3,7-8,11-12H2,1-2H3;4-6,9-10,13,15-16,18H,3,7-8,11-12H2,1-2H3;4-6,9-10,14,16-17H,3,7-8,11-13H2,1-2H3;1-4H2;1H3,(H,3,4);1H4/t18-;16-,18?;17-;;;/m111.../s1. The molecule has 23 nitrogen and oxygen atoms in total. The number of aromatic nitrogens is 8. The zero-order valence-electron chi connectivity index (χ0n) is 56.0. The van der Waals surface area contributed by atoms with Gasteiger partial charge in [0.25, 0.3) is 5.97 Å². The summed E-state index contributed by atoms with van der Waals surface area (Å²) in [5.74, 6) is 3.24. The molecule has 7 heterocycles. The molecule has 0 saturated heterocycles. The van der Waals surface area contributed by atoms with Gasteiger partial charge in [0.05, 0.1) is 30.7 Å². The van der Waals surface area contributed by atoms with Crippen molar-refractivity contribution in [1.82, 2.24) is 39.9 Å². The lowest BCUT2D eigenvalue weighted by Crippen LogP contribution is -2.55. The number of likely N-dealkylation sites (N-methyl/N-ethyl adjacent to an activating group) is 3. The van der Waals surface area contributed by atoms with E-state index in [1.54, 1.807) is 71.9 Å². The molecule has 6 aliphatic rings. The highest BCUT2D eigenvalue weighted by molar-refractivity contribution is 9.09. The molecule has 7 aromatic rings. The van der Waals surface area contributed by atoms with E-state index in [-0.39, 0.29) is 61.3 Å². The average molecular weight is 1390 g/mol. The number of halogens is 1. The third-order valence-corrected chi connectivity index (χ3v) is 19.2. The Labute approximate surface area is 578 Å². The number of carbonyl (C=O) groups is 6. The number of rotatable bonds is 15. The van der Waals surface area contributed by atoms with Gasteiger partial charge in [-0.2, -0.15) is 0 Å². The van der Waals surface area contributed by atoms with Crippen LogP contribution in [0.2, 0.25) is 0 Å². The third kappa shape index (κ3) is 16.9. The van der Waals surface area contributed by atoms with E-state index in [1.807, 2.05) is 99.8 Å². The van der Waals surface area contributed by atoms with Crippen LogP contribution in [-0.4, -0.2) is 151 Å². The summed E-state index contributed by atoms with van der Waals surface area (Å²) < 4.78 is 0. The molecule has 0 bridgehead atoms. The van der Waals surface area contributed by atoms with Crippen LogP contribution in [0.5, 0.6) is 0 Å². The van der Waals surface area contributed by atoms with Crippen molar-refractivity contribution in [2.24, 2.45) is 11.5 Å². The molecule has 3 amide bonds. The van der Waals surface area contributed by atoms with Gasteiger partial charge in [-0.3, -0.25) is 33.8 Å². The first-order valence-electron chi connectivity index (χ1n) is 33.5. The summed E-state index contributed by atoms with van der Waals surface area (Å²) >= 11 is 3.50. The monoisotopic (exact) mass is 1380 g/mol. The number of aliphatic carboxylic acids is 1. The van der Waals surface area contributed by atoms with Gasteiger partial charge < -0.3 is 46.0 Å². The lowest BCUT2D eigenvalue weighted by Gasteiger charge is -2.43. The van der Waals surface area contributed by atoms with E-state index in [2.05, 4.69) is 62.5 Å². The lowest BCUT2D eigenvalue weighted by molar-refractivity contribution is -0.134. The quantitative estimate of drug-likeness (QED) is 0.0634. The van der Waals surface area contributed by atoms with E-state index in [1.165, 1.54) is 38.5 Å². The summed E-state index contributed by atoms with van der Waals surface area (Å²) in [7, 11) is 5.38. The number of anilines is 6. The minimum Gasteiger partial charge on any atom is -0.481 e. The van der Waals surface area contributed by atoms with Gasteiger partial charge >= 0.3 is 0 Å². The first kappa shape index (κ1) is 73.8. The Balaban J connectivity index is 0.000000175. The predicted molar refractivity (Wildman–Crippen MR) is 384 cm³/mol. The summed E-state index contributed by atoms with van der Waals surface area (Å²) in [4.78, 5) is 122. The summed E-state index contributed by atoms with van der Waals surface area (Å²) in [5, 5.41) is 7.42. The predicted octanol–water partition coefficient (Wildman–Crippen LogP) is 11.4. The fourth-order valence-corrected chi connectivity index (χ4v) is 14.0. The van der Waals surface area contributed by atoms with Crippen molar-refractivity contribution in [3.8, 4) is 22.8 Å². The van der Waals surface area contributed by atoms with Crippen LogP contribution >= 0.6 is 15.9 Å². The Morgan fingerprint density at radius 3 is 1.32 bits per heavy atom. The Hall–Kier alpha value is -9.00. The molecule has 13 rings (SSSR count). The number of alkyl halides is 1. The zero-order chi connectivity index (χ0) is 68.6. The first-order chi connectivity index (χ1) is 46.5. The van der Waals surface area contributed by atoms with Crippen LogP contribution in [0.15, 0.2) is 122 Å². The van der Waals surface area contributed by atoms with Crippen molar-refractivity contribution in [2.75, 3.05) is 63.6 Å². The van der Waals surface area contributed by atoms with Crippen molar-refractivity contribution >= 4 is 85.7 Å². The van der Waals surface area contributed by atoms with Crippen LogP contribution in [0.4, 0.5) is 34.5 Å². The van der Waals surface area contributed by atoms with Crippen LogP contribution in [0.25, 0.3) is 22.8 Å². The molecule has 5 N–H and O–H groups in total. The van der Waals surface area contributed by atoms with Gasteiger partial charge in [-0.1, -0.05) is 174 Å². The Morgan fingerprint density at radius 2 is 0.897 bits per heavy atom. The second-order valence-corrected chi connectivity index (χ2v) is 25.5. The number of hydrogen-bond acceptors (Lipinski definition) is 19. The van der Waals surface area contributed by atoms with Gasteiger partial charge in [-0.15, -0.1) is 0 Å². The second-order valence-electron chi connectivity index (χ2n) is 24.6. The fourth-order valence-electron chi connectivity index (χ4n) is 13.6. The molecule has 1 unspecified atom stereocenters. The summed E-state index contributed by atoms with van der Waals surface area (Å²) in [6.07, 6.45) is 24.4. The maximum absolute atomic E-state index is 13.1. The van der Waals surface area contributed by atoms with Crippen molar-refractivity contribution in [1.29, 1.82) is 0 Å². The van der Waals surface area contributed by atoms with Gasteiger partial charge in [0.15, 0.2) is 40.7 Å². The fraction of sp³-hybridized carbons (Fsp3) is 0.452. The van der Waals surface area contributed by atoms with Crippen LogP contribution in [0.3, 0.4) is 0 Å². The Kier molecular flexibility index (Phi) is 26.5. The van der Waals surface area contributed by atoms with E-state index in [4.69, 9.17) is 36.3 Å². The van der Waals surface area contributed by atoms with Crippen molar-refractivity contribution in [3.05, 3.63) is 145 Å². The molecule has 3 aliphatic heterocycles. The highest BCUT2D eigenvalue weighted by atomic mass is 79.9. The lowest BCUT2D eigenvalue weighted by atomic mass is 10.0. The number of nitrogens with zero attached hydrogens (tertiary/aromatic N) is 14.